The van der Waals surface area contributed by atoms with E-state index in [1.807, 2.05) is 0 Å². The van der Waals surface area contributed by atoms with Crippen LogP contribution in [0.4, 0.5) is 0 Å². The summed E-state index contributed by atoms with van der Waals surface area (Å²) in [6.07, 6.45) is 1.33. The standard InChI is InChI=1S/C17H19ClN2O6S/c1-25-10-8-19-16(21)17(22)20-11-15(14-3-2-9-26-14)27(23,24)13-6-4-12(18)5-7-13/h2-7,9,15H,8,10-11H2,1H3,(H,19,21)(H,20,22)/t15-/m0/s1. The molecule has 0 spiro atoms. The highest BCUT2D eigenvalue weighted by Gasteiger charge is 2.32. The molecule has 0 unspecified atom stereocenters. The third-order valence-corrected chi connectivity index (χ3v) is 5.95. The van der Waals surface area contributed by atoms with Crippen LogP contribution in [-0.4, -0.2) is 47.0 Å². The lowest BCUT2D eigenvalue weighted by Crippen LogP contribution is -2.43. The van der Waals surface area contributed by atoms with Crippen LogP contribution < -0.4 is 10.6 Å². The second kappa shape index (κ2) is 9.54. The topological polar surface area (TPSA) is 115 Å². The van der Waals surface area contributed by atoms with Gasteiger partial charge in [0.1, 0.15) is 11.0 Å². The molecule has 27 heavy (non-hydrogen) atoms. The first-order chi connectivity index (χ1) is 12.9. The highest BCUT2D eigenvalue weighted by atomic mass is 35.5. The molecule has 0 aliphatic carbocycles. The average molecular weight is 415 g/mol. The number of benzene rings is 1. The largest absolute Gasteiger partial charge is 0.468 e. The Kier molecular flexibility index (Phi) is 7.40. The normalized spacial score (nSPS) is 12.4. The SMILES string of the molecule is COCCNC(=O)C(=O)NC[C@@H](c1ccco1)S(=O)(=O)c1ccc(Cl)cc1. The van der Waals surface area contributed by atoms with Gasteiger partial charge in [0.25, 0.3) is 0 Å². The summed E-state index contributed by atoms with van der Waals surface area (Å²) in [5.74, 6) is -1.69. The molecule has 2 aromatic rings. The van der Waals surface area contributed by atoms with Crippen molar-refractivity contribution in [1.82, 2.24) is 10.6 Å². The number of rotatable bonds is 8. The van der Waals surface area contributed by atoms with Crippen molar-refractivity contribution in [3.8, 4) is 0 Å². The van der Waals surface area contributed by atoms with Gasteiger partial charge in [0.2, 0.25) is 0 Å². The van der Waals surface area contributed by atoms with Crippen LogP contribution in [0.5, 0.6) is 0 Å². The molecule has 2 rings (SSSR count). The number of ether oxygens (including phenoxy) is 1. The molecule has 0 saturated heterocycles. The van der Waals surface area contributed by atoms with E-state index in [-0.39, 0.29) is 30.4 Å². The van der Waals surface area contributed by atoms with Crippen LogP contribution in [0.3, 0.4) is 0 Å². The molecule has 0 radical (unpaired) electrons. The molecule has 1 heterocycles. The zero-order valence-corrected chi connectivity index (χ0v) is 16.0. The molecule has 1 aromatic heterocycles. The number of hydrogen-bond donors (Lipinski definition) is 2. The summed E-state index contributed by atoms with van der Waals surface area (Å²) >= 11 is 5.81. The van der Waals surface area contributed by atoms with Crippen LogP contribution in [0, 0.1) is 0 Å². The van der Waals surface area contributed by atoms with Crippen molar-refractivity contribution in [3.05, 3.63) is 53.4 Å². The summed E-state index contributed by atoms with van der Waals surface area (Å²) in [4.78, 5) is 23.6. The maximum Gasteiger partial charge on any atom is 0.309 e. The summed E-state index contributed by atoms with van der Waals surface area (Å²) < 4.78 is 35.9. The van der Waals surface area contributed by atoms with Crippen molar-refractivity contribution in [1.29, 1.82) is 0 Å². The summed E-state index contributed by atoms with van der Waals surface area (Å²) in [5, 5.41) is 3.87. The molecule has 0 aliphatic heterocycles. The summed E-state index contributed by atoms with van der Waals surface area (Å²) in [5.41, 5.74) is 0. The van der Waals surface area contributed by atoms with Crippen molar-refractivity contribution in [3.63, 3.8) is 0 Å². The van der Waals surface area contributed by atoms with Crippen LogP contribution in [-0.2, 0) is 24.2 Å². The quantitative estimate of drug-likeness (QED) is 0.497. The number of hydrogen-bond acceptors (Lipinski definition) is 6. The monoisotopic (exact) mass is 414 g/mol. The lowest BCUT2D eigenvalue weighted by molar-refractivity contribution is -0.139. The highest BCUT2D eigenvalue weighted by molar-refractivity contribution is 7.91. The predicted octanol–water partition coefficient (Wildman–Crippen LogP) is 1.33. The average Bonchev–Trinajstić information content (AvgIpc) is 3.16. The molecule has 146 valence electrons. The van der Waals surface area contributed by atoms with Crippen LogP contribution in [0.25, 0.3) is 0 Å². The molecule has 1 aromatic carbocycles. The first-order valence-electron chi connectivity index (χ1n) is 7.94. The minimum absolute atomic E-state index is 0.0205. The van der Waals surface area contributed by atoms with Crippen molar-refractivity contribution in [2.24, 2.45) is 0 Å². The molecule has 10 heteroatoms. The van der Waals surface area contributed by atoms with Gasteiger partial charge in [0.05, 0.1) is 17.8 Å². The van der Waals surface area contributed by atoms with Gasteiger partial charge in [-0.2, -0.15) is 0 Å². The van der Waals surface area contributed by atoms with Gasteiger partial charge in [-0.15, -0.1) is 0 Å². The number of furan rings is 1. The molecule has 0 bridgehead atoms. The summed E-state index contributed by atoms with van der Waals surface area (Å²) in [6, 6.07) is 8.67. The van der Waals surface area contributed by atoms with E-state index in [2.05, 4.69) is 10.6 Å². The van der Waals surface area contributed by atoms with E-state index in [9.17, 15) is 18.0 Å². The minimum Gasteiger partial charge on any atom is -0.468 e. The van der Waals surface area contributed by atoms with E-state index in [4.69, 9.17) is 20.8 Å². The Morgan fingerprint density at radius 1 is 1.15 bits per heavy atom. The van der Waals surface area contributed by atoms with E-state index < -0.39 is 26.9 Å². The first-order valence-corrected chi connectivity index (χ1v) is 9.86. The fourth-order valence-electron chi connectivity index (χ4n) is 2.24. The Labute approximate surface area is 161 Å². The maximum absolute atomic E-state index is 13.0. The Bertz CT molecular complexity index is 865. The number of nitrogens with one attached hydrogen (secondary N) is 2. The van der Waals surface area contributed by atoms with Crippen molar-refractivity contribution in [2.75, 3.05) is 26.8 Å². The number of methoxy groups -OCH3 is 1. The lowest BCUT2D eigenvalue weighted by Gasteiger charge is -2.16. The van der Waals surface area contributed by atoms with Crippen LogP contribution >= 0.6 is 11.6 Å². The van der Waals surface area contributed by atoms with Gasteiger partial charge >= 0.3 is 11.8 Å². The van der Waals surface area contributed by atoms with Crippen molar-refractivity contribution in [2.45, 2.75) is 10.1 Å². The molecule has 0 saturated carbocycles. The van der Waals surface area contributed by atoms with Crippen LogP contribution in [0.2, 0.25) is 5.02 Å². The zero-order chi connectivity index (χ0) is 19.9. The minimum atomic E-state index is -3.90. The molecular weight excluding hydrogens is 396 g/mol. The Balaban J connectivity index is 2.15. The van der Waals surface area contributed by atoms with Gasteiger partial charge in [-0.3, -0.25) is 9.59 Å². The van der Waals surface area contributed by atoms with Gasteiger partial charge in [-0.05, 0) is 36.4 Å². The molecule has 0 fully saturated rings. The first kappa shape index (κ1) is 20.9. The fraction of sp³-hybridized carbons (Fsp3) is 0.294. The van der Waals surface area contributed by atoms with Crippen molar-refractivity contribution >= 4 is 33.3 Å². The van der Waals surface area contributed by atoms with E-state index >= 15 is 0 Å². The smallest absolute Gasteiger partial charge is 0.309 e. The summed E-state index contributed by atoms with van der Waals surface area (Å²) in [7, 11) is -2.44. The molecule has 1 atom stereocenters. The van der Waals surface area contributed by atoms with Crippen molar-refractivity contribution < 1.29 is 27.2 Å². The highest BCUT2D eigenvalue weighted by Crippen LogP contribution is 2.29. The van der Waals surface area contributed by atoms with Gasteiger partial charge < -0.3 is 19.8 Å². The van der Waals surface area contributed by atoms with Gasteiger partial charge in [0, 0.05) is 25.2 Å². The second-order valence-corrected chi connectivity index (χ2v) is 8.03. The van der Waals surface area contributed by atoms with E-state index in [1.165, 1.54) is 43.7 Å². The number of sulfone groups is 1. The van der Waals surface area contributed by atoms with E-state index in [1.54, 1.807) is 6.07 Å². The third kappa shape index (κ3) is 5.56. The number of amides is 2. The van der Waals surface area contributed by atoms with Gasteiger partial charge in [-0.1, -0.05) is 11.6 Å². The molecule has 2 amide bonds. The Hall–Kier alpha value is -2.36. The molecule has 2 N–H and O–H groups in total. The number of carbonyl (C=O) groups is 2. The zero-order valence-electron chi connectivity index (χ0n) is 14.5. The predicted molar refractivity (Wildman–Crippen MR) is 98.0 cm³/mol. The Morgan fingerprint density at radius 3 is 2.41 bits per heavy atom. The van der Waals surface area contributed by atoms with E-state index in [0.717, 1.165) is 0 Å². The Morgan fingerprint density at radius 2 is 1.81 bits per heavy atom. The number of carbonyl (C=O) groups excluding carboxylic acids is 2. The maximum atomic E-state index is 13.0. The van der Waals surface area contributed by atoms with E-state index in [0.29, 0.717) is 5.02 Å². The second-order valence-electron chi connectivity index (χ2n) is 5.46. The number of halogens is 1. The van der Waals surface area contributed by atoms with Crippen LogP contribution in [0.1, 0.15) is 11.0 Å². The van der Waals surface area contributed by atoms with Crippen LogP contribution in [0.15, 0.2) is 52.0 Å². The molecular formula is C17H19ClN2O6S. The molecule has 0 aliphatic rings. The fourth-order valence-corrected chi connectivity index (χ4v) is 3.95. The third-order valence-electron chi connectivity index (χ3n) is 3.62. The van der Waals surface area contributed by atoms with Gasteiger partial charge in [-0.25, -0.2) is 8.42 Å². The molecule has 8 nitrogen and oxygen atoms in total. The van der Waals surface area contributed by atoms with Gasteiger partial charge in [0.15, 0.2) is 9.84 Å². The lowest BCUT2D eigenvalue weighted by atomic mass is 10.3. The summed E-state index contributed by atoms with van der Waals surface area (Å²) in [6.45, 7) is 0.0709.